The molecule has 1 aromatic carbocycles. The van der Waals surface area contributed by atoms with Gasteiger partial charge in [-0.2, -0.15) is 18.3 Å². The predicted molar refractivity (Wildman–Crippen MR) is 130 cm³/mol. The number of likely N-dealkylation sites (tertiary alicyclic amines) is 2. The molecule has 1 aliphatic carbocycles. The second-order valence-corrected chi connectivity index (χ2v) is 10.2. The van der Waals surface area contributed by atoms with Crippen molar-refractivity contribution in [1.29, 1.82) is 0 Å². The lowest BCUT2D eigenvalue weighted by molar-refractivity contribution is -0.144. The van der Waals surface area contributed by atoms with Crippen molar-refractivity contribution >= 4 is 11.9 Å². The first-order chi connectivity index (χ1) is 17.8. The van der Waals surface area contributed by atoms with Crippen LogP contribution in [-0.2, 0) is 15.7 Å². The van der Waals surface area contributed by atoms with E-state index in [-0.39, 0.29) is 35.9 Å². The summed E-state index contributed by atoms with van der Waals surface area (Å²) in [6.45, 7) is 4.33. The number of carbonyl (C=O) groups excluding carboxylic acids is 2. The molecule has 10 heteroatoms. The molecule has 0 spiro atoms. The molecule has 3 heterocycles. The monoisotopic (exact) mass is 518 g/mol. The lowest BCUT2D eigenvalue weighted by atomic mass is 9.97. The van der Waals surface area contributed by atoms with Crippen molar-refractivity contribution in [2.45, 2.75) is 69.6 Å². The van der Waals surface area contributed by atoms with Gasteiger partial charge in [-0.3, -0.25) is 19.2 Å². The van der Waals surface area contributed by atoms with E-state index in [9.17, 15) is 22.8 Å². The fourth-order valence-corrected chi connectivity index (χ4v) is 5.84. The second-order valence-electron chi connectivity index (χ2n) is 10.2. The van der Waals surface area contributed by atoms with E-state index in [1.54, 1.807) is 24.1 Å². The SMILES string of the molecule is CCOC(=O)CN1CCC(n2ncc(C(=O)N3CCCC3c3ccccc3C(F)(F)F)c2C2CC2)CC1. The minimum absolute atomic E-state index is 0.121. The molecule has 1 aromatic heterocycles. The Hall–Kier alpha value is -2.88. The number of carbonyl (C=O) groups is 2. The first-order valence-electron chi connectivity index (χ1n) is 13.2. The molecule has 2 aliphatic heterocycles. The van der Waals surface area contributed by atoms with E-state index >= 15 is 0 Å². The maximum absolute atomic E-state index is 13.8. The number of hydrogen-bond donors (Lipinski definition) is 0. The average molecular weight is 519 g/mol. The van der Waals surface area contributed by atoms with Crippen molar-refractivity contribution in [1.82, 2.24) is 19.6 Å². The summed E-state index contributed by atoms with van der Waals surface area (Å²) >= 11 is 0. The van der Waals surface area contributed by atoms with Gasteiger partial charge in [0.1, 0.15) is 0 Å². The number of aromatic nitrogens is 2. The summed E-state index contributed by atoms with van der Waals surface area (Å²) in [5, 5.41) is 4.64. The Bertz CT molecular complexity index is 1140. The van der Waals surface area contributed by atoms with Gasteiger partial charge in [0.05, 0.1) is 48.3 Å². The summed E-state index contributed by atoms with van der Waals surface area (Å²) in [6, 6.07) is 5.10. The van der Waals surface area contributed by atoms with Crippen molar-refractivity contribution in [2.75, 3.05) is 32.8 Å². The molecule has 1 unspecified atom stereocenters. The number of piperidine rings is 1. The lowest BCUT2D eigenvalue weighted by Gasteiger charge is -2.32. The van der Waals surface area contributed by atoms with Crippen LogP contribution in [0.3, 0.4) is 0 Å². The van der Waals surface area contributed by atoms with E-state index in [0.717, 1.165) is 50.5 Å². The molecule has 37 heavy (non-hydrogen) atoms. The third-order valence-electron chi connectivity index (χ3n) is 7.73. The van der Waals surface area contributed by atoms with Crippen LogP contribution in [0, 0.1) is 0 Å². The average Bonchev–Trinajstić information content (AvgIpc) is 3.42. The Balaban J connectivity index is 1.35. The molecule has 2 aromatic rings. The number of nitrogens with zero attached hydrogens (tertiary/aromatic N) is 4. The van der Waals surface area contributed by atoms with E-state index in [0.29, 0.717) is 31.6 Å². The molecule has 5 rings (SSSR count). The Kier molecular flexibility index (Phi) is 7.29. The van der Waals surface area contributed by atoms with Crippen LogP contribution < -0.4 is 0 Å². The van der Waals surface area contributed by atoms with Gasteiger partial charge < -0.3 is 9.64 Å². The van der Waals surface area contributed by atoms with Crippen LogP contribution in [0.2, 0.25) is 0 Å². The van der Waals surface area contributed by atoms with Gasteiger partial charge in [0.15, 0.2) is 0 Å². The minimum Gasteiger partial charge on any atom is -0.465 e. The summed E-state index contributed by atoms with van der Waals surface area (Å²) in [5.74, 6) is -0.200. The predicted octanol–water partition coefficient (Wildman–Crippen LogP) is 4.96. The number of benzene rings is 1. The topological polar surface area (TPSA) is 67.7 Å². The number of alkyl halides is 3. The Morgan fingerprint density at radius 1 is 1.05 bits per heavy atom. The third kappa shape index (κ3) is 5.39. The van der Waals surface area contributed by atoms with Crippen LogP contribution in [0.4, 0.5) is 13.2 Å². The zero-order valence-electron chi connectivity index (χ0n) is 21.0. The molecule has 3 fully saturated rings. The van der Waals surface area contributed by atoms with Crippen molar-refractivity contribution in [2.24, 2.45) is 0 Å². The van der Waals surface area contributed by atoms with Gasteiger partial charge in [0.25, 0.3) is 5.91 Å². The number of hydrogen-bond acceptors (Lipinski definition) is 5. The fraction of sp³-hybridized carbons (Fsp3) is 0.593. The minimum atomic E-state index is -4.47. The summed E-state index contributed by atoms with van der Waals surface area (Å²) < 4.78 is 48.2. The Labute approximate surface area is 214 Å². The van der Waals surface area contributed by atoms with Crippen molar-refractivity contribution in [3.05, 3.63) is 52.8 Å². The fourth-order valence-electron chi connectivity index (χ4n) is 5.84. The highest BCUT2D eigenvalue weighted by molar-refractivity contribution is 5.96. The number of amides is 1. The van der Waals surface area contributed by atoms with Crippen LogP contribution in [0.1, 0.15) is 90.6 Å². The lowest BCUT2D eigenvalue weighted by Crippen LogP contribution is -2.39. The highest BCUT2D eigenvalue weighted by Crippen LogP contribution is 2.45. The Morgan fingerprint density at radius 3 is 2.46 bits per heavy atom. The van der Waals surface area contributed by atoms with Gasteiger partial charge in [0.2, 0.25) is 0 Å². The van der Waals surface area contributed by atoms with E-state index in [4.69, 9.17) is 4.74 Å². The van der Waals surface area contributed by atoms with Gasteiger partial charge in [-0.15, -0.1) is 0 Å². The molecule has 1 atom stereocenters. The smallest absolute Gasteiger partial charge is 0.416 e. The Morgan fingerprint density at radius 2 is 1.78 bits per heavy atom. The normalized spacial score (nSPS) is 21.4. The molecule has 2 saturated heterocycles. The van der Waals surface area contributed by atoms with Crippen LogP contribution in [0.5, 0.6) is 0 Å². The zero-order valence-corrected chi connectivity index (χ0v) is 21.0. The van der Waals surface area contributed by atoms with E-state index < -0.39 is 17.8 Å². The molecular formula is C27H33F3N4O3. The molecule has 1 saturated carbocycles. The van der Waals surface area contributed by atoms with E-state index in [2.05, 4.69) is 10.00 Å². The van der Waals surface area contributed by atoms with Crippen molar-refractivity contribution in [3.8, 4) is 0 Å². The maximum Gasteiger partial charge on any atom is 0.416 e. The van der Waals surface area contributed by atoms with Crippen molar-refractivity contribution in [3.63, 3.8) is 0 Å². The quantitative estimate of drug-likeness (QED) is 0.485. The molecule has 200 valence electrons. The second kappa shape index (κ2) is 10.5. The van der Waals surface area contributed by atoms with Gasteiger partial charge in [-0.1, -0.05) is 18.2 Å². The molecule has 0 radical (unpaired) electrons. The van der Waals surface area contributed by atoms with Gasteiger partial charge in [-0.25, -0.2) is 0 Å². The maximum atomic E-state index is 13.8. The van der Waals surface area contributed by atoms with Gasteiger partial charge >= 0.3 is 12.1 Å². The van der Waals surface area contributed by atoms with Crippen LogP contribution >= 0.6 is 0 Å². The molecular weight excluding hydrogens is 485 g/mol. The first-order valence-corrected chi connectivity index (χ1v) is 13.2. The number of rotatable bonds is 7. The van der Waals surface area contributed by atoms with Crippen LogP contribution in [-0.4, -0.2) is 64.2 Å². The summed E-state index contributed by atoms with van der Waals surface area (Å²) in [5.41, 5.74) is 0.930. The largest absolute Gasteiger partial charge is 0.465 e. The third-order valence-corrected chi connectivity index (χ3v) is 7.73. The van der Waals surface area contributed by atoms with Gasteiger partial charge in [-0.05, 0) is 57.1 Å². The number of halogens is 3. The zero-order chi connectivity index (χ0) is 26.2. The molecule has 7 nitrogen and oxygen atoms in total. The highest BCUT2D eigenvalue weighted by atomic mass is 19.4. The van der Waals surface area contributed by atoms with E-state index in [1.807, 2.05) is 4.68 Å². The number of esters is 1. The summed E-state index contributed by atoms with van der Waals surface area (Å²) in [4.78, 5) is 29.3. The van der Waals surface area contributed by atoms with Gasteiger partial charge in [0, 0.05) is 25.6 Å². The number of ether oxygens (including phenoxy) is 1. The molecule has 1 amide bonds. The van der Waals surface area contributed by atoms with Crippen LogP contribution in [0.25, 0.3) is 0 Å². The molecule has 0 N–H and O–H groups in total. The first kappa shape index (κ1) is 25.8. The standard InChI is InChI=1S/C27H33F3N4O3/c1-2-37-24(35)17-32-14-11-19(12-15-32)34-25(18-9-10-18)21(16-31-34)26(36)33-13-5-8-23(33)20-6-3-4-7-22(20)27(28,29)30/h3-4,6-7,16,18-19,23H,2,5,8-15,17H2,1H3. The summed E-state index contributed by atoms with van der Waals surface area (Å²) in [6.07, 6.45) is 1.88. The summed E-state index contributed by atoms with van der Waals surface area (Å²) in [7, 11) is 0. The highest BCUT2D eigenvalue weighted by Gasteiger charge is 2.41. The van der Waals surface area contributed by atoms with Crippen molar-refractivity contribution < 1.29 is 27.5 Å². The molecule has 3 aliphatic rings. The molecule has 0 bridgehead atoms. The van der Waals surface area contributed by atoms with E-state index in [1.165, 1.54) is 12.1 Å². The van der Waals surface area contributed by atoms with Crippen LogP contribution in [0.15, 0.2) is 30.5 Å².